The molecule has 0 aliphatic rings. The molecule has 8 heteroatoms. The summed E-state index contributed by atoms with van der Waals surface area (Å²) in [6.45, 7) is 4.47. The molecule has 0 heterocycles. The van der Waals surface area contributed by atoms with Crippen LogP contribution in [0.2, 0.25) is 0 Å². The number of carbonyl (C=O) groups excluding carboxylic acids is 1. The molecular formula is C40H79NO6S. The largest absolute Gasteiger partial charge is 0.387 e. The van der Waals surface area contributed by atoms with E-state index in [4.69, 9.17) is 0 Å². The third-order valence-corrected chi connectivity index (χ3v) is 10.4. The molecule has 0 aliphatic heterocycles. The van der Waals surface area contributed by atoms with Crippen molar-refractivity contribution in [3.8, 4) is 0 Å². The Morgan fingerprint density at radius 2 is 0.896 bits per heavy atom. The molecule has 286 valence electrons. The summed E-state index contributed by atoms with van der Waals surface area (Å²) in [6, 6.07) is -1.23. The summed E-state index contributed by atoms with van der Waals surface area (Å²) in [7, 11) is -4.43. The van der Waals surface area contributed by atoms with Gasteiger partial charge in [0.15, 0.2) is 0 Å². The number of aliphatic hydroxyl groups is 2. The summed E-state index contributed by atoms with van der Waals surface area (Å²) in [6.07, 6.45) is 38.6. The van der Waals surface area contributed by atoms with Crippen LogP contribution in [0.25, 0.3) is 0 Å². The molecule has 3 unspecified atom stereocenters. The molecule has 4 N–H and O–H groups in total. The van der Waals surface area contributed by atoms with E-state index >= 15 is 0 Å². The second-order valence-electron chi connectivity index (χ2n) is 14.4. The number of rotatable bonds is 37. The average Bonchev–Trinajstić information content (AvgIpc) is 3.05. The zero-order valence-corrected chi connectivity index (χ0v) is 32.3. The van der Waals surface area contributed by atoms with E-state index in [1.807, 2.05) is 0 Å². The van der Waals surface area contributed by atoms with Crippen LogP contribution in [0.1, 0.15) is 213 Å². The van der Waals surface area contributed by atoms with Gasteiger partial charge in [-0.25, -0.2) is 0 Å². The summed E-state index contributed by atoms with van der Waals surface area (Å²) < 4.78 is 32.3. The van der Waals surface area contributed by atoms with Crippen molar-refractivity contribution in [2.75, 3.05) is 5.75 Å². The van der Waals surface area contributed by atoms with Crippen molar-refractivity contribution < 1.29 is 28.0 Å². The van der Waals surface area contributed by atoms with Gasteiger partial charge in [0.1, 0.15) is 6.10 Å². The molecule has 7 nitrogen and oxygen atoms in total. The quantitative estimate of drug-likeness (QED) is 0.0290. The summed E-state index contributed by atoms with van der Waals surface area (Å²) in [5.74, 6) is -1.53. The molecule has 1 amide bonds. The third-order valence-electron chi connectivity index (χ3n) is 9.57. The van der Waals surface area contributed by atoms with Gasteiger partial charge >= 0.3 is 0 Å². The predicted molar refractivity (Wildman–Crippen MR) is 204 cm³/mol. The van der Waals surface area contributed by atoms with Crippen molar-refractivity contribution >= 4 is 16.0 Å². The van der Waals surface area contributed by atoms with Crippen LogP contribution in [0, 0.1) is 0 Å². The highest BCUT2D eigenvalue weighted by molar-refractivity contribution is 7.85. The van der Waals surface area contributed by atoms with Crippen molar-refractivity contribution in [3.63, 3.8) is 0 Å². The van der Waals surface area contributed by atoms with Gasteiger partial charge in [-0.3, -0.25) is 9.35 Å². The highest BCUT2D eigenvalue weighted by atomic mass is 32.2. The van der Waals surface area contributed by atoms with Gasteiger partial charge in [0.05, 0.1) is 17.9 Å². The molecule has 48 heavy (non-hydrogen) atoms. The Morgan fingerprint density at radius 3 is 1.25 bits per heavy atom. The highest BCUT2D eigenvalue weighted by Gasteiger charge is 2.27. The predicted octanol–water partition coefficient (Wildman–Crippen LogP) is 10.8. The number of carbonyl (C=O) groups is 1. The second-order valence-corrected chi connectivity index (χ2v) is 15.9. The Labute approximate surface area is 297 Å². The first-order valence-electron chi connectivity index (χ1n) is 20.5. The SMILES string of the molecule is CCCCCCCCC/C=C/C(O)C(CS(=O)(=O)O)NC(=O)C(O)CCCCCCCCCCCCCCCCCCCCCCCC. The van der Waals surface area contributed by atoms with Crippen molar-refractivity contribution in [1.29, 1.82) is 0 Å². The molecule has 0 saturated heterocycles. The van der Waals surface area contributed by atoms with Crippen molar-refractivity contribution in [2.45, 2.75) is 231 Å². The minimum Gasteiger partial charge on any atom is -0.387 e. The molecule has 0 aromatic heterocycles. The lowest BCUT2D eigenvalue weighted by Gasteiger charge is -2.22. The lowest BCUT2D eigenvalue weighted by molar-refractivity contribution is -0.130. The number of allylic oxidation sites excluding steroid dienone is 1. The number of hydrogen-bond acceptors (Lipinski definition) is 5. The van der Waals surface area contributed by atoms with Gasteiger partial charge in [-0.2, -0.15) is 8.42 Å². The van der Waals surface area contributed by atoms with E-state index in [2.05, 4.69) is 19.2 Å². The van der Waals surface area contributed by atoms with Crippen molar-refractivity contribution in [3.05, 3.63) is 12.2 Å². The van der Waals surface area contributed by atoms with E-state index in [9.17, 15) is 28.0 Å². The molecule has 0 rings (SSSR count). The van der Waals surface area contributed by atoms with Gasteiger partial charge in [-0.1, -0.05) is 206 Å². The maximum atomic E-state index is 12.5. The van der Waals surface area contributed by atoms with Crippen LogP contribution in [0.3, 0.4) is 0 Å². The Morgan fingerprint density at radius 1 is 0.562 bits per heavy atom. The summed E-state index contributed by atoms with van der Waals surface area (Å²) in [4.78, 5) is 12.5. The maximum Gasteiger partial charge on any atom is 0.267 e. The van der Waals surface area contributed by atoms with Gasteiger partial charge in [0, 0.05) is 0 Å². The zero-order valence-electron chi connectivity index (χ0n) is 31.5. The van der Waals surface area contributed by atoms with Crippen LogP contribution in [0.5, 0.6) is 0 Å². The summed E-state index contributed by atoms with van der Waals surface area (Å²) >= 11 is 0. The molecule has 0 fully saturated rings. The molecule has 0 bridgehead atoms. The van der Waals surface area contributed by atoms with Crippen LogP contribution < -0.4 is 5.32 Å². The van der Waals surface area contributed by atoms with E-state index in [-0.39, 0.29) is 6.42 Å². The van der Waals surface area contributed by atoms with E-state index in [1.165, 1.54) is 154 Å². The van der Waals surface area contributed by atoms with Crippen LogP contribution in [-0.2, 0) is 14.9 Å². The monoisotopic (exact) mass is 702 g/mol. The Kier molecular flexibility index (Phi) is 33.8. The Bertz CT molecular complexity index is 834. The second kappa shape index (κ2) is 34.5. The smallest absolute Gasteiger partial charge is 0.267 e. The lowest BCUT2D eigenvalue weighted by atomic mass is 10.0. The molecule has 0 saturated carbocycles. The first-order chi connectivity index (χ1) is 23.2. The molecule has 0 spiro atoms. The van der Waals surface area contributed by atoms with Crippen LogP contribution in [0.15, 0.2) is 12.2 Å². The topological polar surface area (TPSA) is 124 Å². The third kappa shape index (κ3) is 33.5. The average molecular weight is 702 g/mol. The van der Waals surface area contributed by atoms with Gasteiger partial charge in [-0.05, 0) is 19.3 Å². The molecule has 0 aromatic carbocycles. The normalized spacial score (nSPS) is 14.0. The standard InChI is InChI=1S/C40H79NO6S/c1-3-5-7-9-11-13-14-15-16-17-18-19-20-21-22-23-24-25-27-29-31-33-35-39(43)40(44)41-37(36-48(45,46)47)38(42)34-32-30-28-26-12-10-8-6-4-2/h32,34,37-39,42-43H,3-31,33,35-36H2,1-2H3,(H,41,44)(H,45,46,47)/b34-32+. The fourth-order valence-corrected chi connectivity index (χ4v) is 7.13. The fraction of sp³-hybridized carbons (Fsp3) is 0.925. The number of unbranched alkanes of at least 4 members (excludes halogenated alkanes) is 28. The Hall–Kier alpha value is -0.960. The minimum absolute atomic E-state index is 0.285. The zero-order chi connectivity index (χ0) is 35.6. The van der Waals surface area contributed by atoms with E-state index in [0.29, 0.717) is 6.42 Å². The van der Waals surface area contributed by atoms with Crippen LogP contribution in [0.4, 0.5) is 0 Å². The molecule has 0 aliphatic carbocycles. The number of hydrogen-bond donors (Lipinski definition) is 4. The maximum absolute atomic E-state index is 12.5. The van der Waals surface area contributed by atoms with Crippen LogP contribution >= 0.6 is 0 Å². The number of nitrogens with one attached hydrogen (secondary N) is 1. The molecule has 3 atom stereocenters. The van der Waals surface area contributed by atoms with E-state index < -0.39 is 40.0 Å². The number of aliphatic hydroxyl groups excluding tert-OH is 2. The van der Waals surface area contributed by atoms with E-state index in [0.717, 1.165) is 38.5 Å². The van der Waals surface area contributed by atoms with E-state index in [1.54, 1.807) is 6.08 Å². The van der Waals surface area contributed by atoms with Crippen molar-refractivity contribution in [1.82, 2.24) is 5.32 Å². The molecular weight excluding hydrogens is 623 g/mol. The Balaban J connectivity index is 3.85. The highest BCUT2D eigenvalue weighted by Crippen LogP contribution is 2.16. The minimum atomic E-state index is -4.43. The van der Waals surface area contributed by atoms with Gasteiger partial charge < -0.3 is 15.5 Å². The van der Waals surface area contributed by atoms with Crippen molar-refractivity contribution in [2.24, 2.45) is 0 Å². The summed E-state index contributed by atoms with van der Waals surface area (Å²) in [5.41, 5.74) is 0. The van der Waals surface area contributed by atoms with Crippen LogP contribution in [-0.4, -0.2) is 53.1 Å². The molecule has 0 aromatic rings. The fourth-order valence-electron chi connectivity index (χ4n) is 6.40. The first-order valence-corrected chi connectivity index (χ1v) is 22.1. The van der Waals surface area contributed by atoms with Gasteiger partial charge in [-0.15, -0.1) is 0 Å². The van der Waals surface area contributed by atoms with Gasteiger partial charge in [0.25, 0.3) is 10.1 Å². The summed E-state index contributed by atoms with van der Waals surface area (Å²) in [5, 5.41) is 23.3. The first kappa shape index (κ1) is 47.0. The number of amides is 1. The lowest BCUT2D eigenvalue weighted by Crippen LogP contribution is -2.50. The molecule has 0 radical (unpaired) electrons. The van der Waals surface area contributed by atoms with Gasteiger partial charge in [0.2, 0.25) is 5.91 Å².